The summed E-state index contributed by atoms with van der Waals surface area (Å²) in [5, 5.41) is 6.80. The van der Waals surface area contributed by atoms with E-state index in [1.54, 1.807) is 0 Å². The molecule has 1 saturated heterocycles. The third-order valence-corrected chi connectivity index (χ3v) is 5.83. The summed E-state index contributed by atoms with van der Waals surface area (Å²) >= 11 is 0. The van der Waals surface area contributed by atoms with Crippen LogP contribution in [0.3, 0.4) is 0 Å². The molecule has 1 heterocycles. The van der Waals surface area contributed by atoms with Crippen LogP contribution in [0, 0.1) is 0 Å². The number of nitrogens with one attached hydrogen (secondary N) is 2. The molecule has 0 unspecified atom stereocenters. The molecular weight excluding hydrogens is 348 g/mol. The molecule has 5 nitrogen and oxygen atoms in total. The van der Waals surface area contributed by atoms with E-state index in [-0.39, 0.29) is 0 Å². The van der Waals surface area contributed by atoms with Crippen molar-refractivity contribution in [3.8, 4) is 0 Å². The molecule has 1 saturated carbocycles. The lowest BCUT2D eigenvalue weighted by Crippen LogP contribution is -2.37. The van der Waals surface area contributed by atoms with Crippen molar-refractivity contribution in [3.63, 3.8) is 0 Å². The van der Waals surface area contributed by atoms with E-state index in [1.165, 1.54) is 69.2 Å². The molecule has 1 aliphatic heterocycles. The Bertz CT molecular complexity index is 575. The summed E-state index contributed by atoms with van der Waals surface area (Å²) < 4.78 is 5.98. The van der Waals surface area contributed by atoms with Crippen LogP contribution in [0.4, 0.5) is 0 Å². The molecule has 0 aromatic heterocycles. The Hall–Kier alpha value is -1.59. The Balaban J connectivity index is 1.28. The molecule has 5 heteroatoms. The Morgan fingerprint density at radius 1 is 1.00 bits per heavy atom. The van der Waals surface area contributed by atoms with Crippen LogP contribution in [0.25, 0.3) is 0 Å². The van der Waals surface area contributed by atoms with Crippen molar-refractivity contribution in [3.05, 3.63) is 35.4 Å². The summed E-state index contributed by atoms with van der Waals surface area (Å²) in [7, 11) is 1.83. The quantitative estimate of drug-likeness (QED) is 0.386. The minimum absolute atomic E-state index is 0.500. The lowest BCUT2D eigenvalue weighted by Gasteiger charge is -2.22. The first-order chi connectivity index (χ1) is 13.8. The van der Waals surface area contributed by atoms with Gasteiger partial charge in [0.25, 0.3) is 0 Å². The van der Waals surface area contributed by atoms with Crippen molar-refractivity contribution in [1.29, 1.82) is 0 Å². The standard InChI is InChI=1S/C23H38N4O/c1-24-23(25-14-7-17-28-22-8-3-2-4-9-22)26-18-20-10-12-21(13-11-20)19-27-15-5-6-16-27/h10-13,22H,2-9,14-19H2,1H3,(H2,24,25,26). The fourth-order valence-electron chi connectivity index (χ4n) is 4.13. The summed E-state index contributed by atoms with van der Waals surface area (Å²) in [6, 6.07) is 8.97. The largest absolute Gasteiger partial charge is 0.378 e. The van der Waals surface area contributed by atoms with Gasteiger partial charge >= 0.3 is 0 Å². The third kappa shape index (κ3) is 7.44. The maximum absolute atomic E-state index is 5.98. The number of hydrogen-bond donors (Lipinski definition) is 2. The Kier molecular flexibility index (Phi) is 9.11. The highest BCUT2D eigenvalue weighted by Crippen LogP contribution is 2.20. The Morgan fingerprint density at radius 3 is 2.43 bits per heavy atom. The highest BCUT2D eigenvalue weighted by molar-refractivity contribution is 5.79. The molecule has 0 bridgehead atoms. The molecule has 28 heavy (non-hydrogen) atoms. The predicted octanol–water partition coefficient (Wildman–Crippen LogP) is 3.69. The molecule has 1 aromatic carbocycles. The molecule has 156 valence electrons. The number of benzene rings is 1. The number of guanidine groups is 1. The van der Waals surface area contributed by atoms with E-state index in [1.807, 2.05) is 7.05 Å². The van der Waals surface area contributed by atoms with Gasteiger partial charge in [0.15, 0.2) is 5.96 Å². The normalized spacial score (nSPS) is 19.1. The molecule has 2 N–H and O–H groups in total. The van der Waals surface area contributed by atoms with Crippen LogP contribution in [0.5, 0.6) is 0 Å². The summed E-state index contributed by atoms with van der Waals surface area (Å²) in [5.41, 5.74) is 2.69. The maximum Gasteiger partial charge on any atom is 0.191 e. The van der Waals surface area contributed by atoms with Gasteiger partial charge in [-0.2, -0.15) is 0 Å². The van der Waals surface area contributed by atoms with Gasteiger partial charge in [0.2, 0.25) is 0 Å². The molecule has 0 atom stereocenters. The van der Waals surface area contributed by atoms with Crippen LogP contribution in [0.1, 0.15) is 62.5 Å². The summed E-state index contributed by atoms with van der Waals surface area (Å²) in [4.78, 5) is 6.86. The topological polar surface area (TPSA) is 48.9 Å². The van der Waals surface area contributed by atoms with Crippen molar-refractivity contribution in [2.75, 3.05) is 33.3 Å². The number of ether oxygens (including phenoxy) is 1. The SMILES string of the molecule is CN=C(NCCCOC1CCCCC1)NCc1ccc(CN2CCCC2)cc1. The van der Waals surface area contributed by atoms with Crippen LogP contribution in [-0.2, 0) is 17.8 Å². The van der Waals surface area contributed by atoms with Gasteiger partial charge in [-0.1, -0.05) is 43.5 Å². The number of likely N-dealkylation sites (tertiary alicyclic amines) is 1. The average molecular weight is 387 g/mol. The van der Waals surface area contributed by atoms with Crippen molar-refractivity contribution in [1.82, 2.24) is 15.5 Å². The fraction of sp³-hybridized carbons (Fsp3) is 0.696. The van der Waals surface area contributed by atoms with Crippen LogP contribution in [-0.4, -0.2) is 50.3 Å². The van der Waals surface area contributed by atoms with Crippen LogP contribution in [0.15, 0.2) is 29.3 Å². The number of rotatable bonds is 9. The Labute approximate surface area is 170 Å². The lowest BCUT2D eigenvalue weighted by molar-refractivity contribution is 0.0277. The van der Waals surface area contributed by atoms with Gasteiger partial charge in [0.1, 0.15) is 0 Å². The van der Waals surface area contributed by atoms with Crippen LogP contribution in [0.2, 0.25) is 0 Å². The zero-order valence-electron chi connectivity index (χ0n) is 17.6. The van der Waals surface area contributed by atoms with Gasteiger partial charge in [0, 0.05) is 33.3 Å². The zero-order chi connectivity index (χ0) is 19.4. The van der Waals surface area contributed by atoms with Gasteiger partial charge in [-0.15, -0.1) is 0 Å². The minimum atomic E-state index is 0.500. The highest BCUT2D eigenvalue weighted by atomic mass is 16.5. The van der Waals surface area contributed by atoms with Gasteiger partial charge in [0.05, 0.1) is 6.10 Å². The predicted molar refractivity (Wildman–Crippen MR) is 117 cm³/mol. The highest BCUT2D eigenvalue weighted by Gasteiger charge is 2.13. The zero-order valence-corrected chi connectivity index (χ0v) is 17.6. The van der Waals surface area contributed by atoms with Crippen molar-refractivity contribution < 1.29 is 4.74 Å². The maximum atomic E-state index is 5.98. The van der Waals surface area contributed by atoms with E-state index >= 15 is 0 Å². The molecule has 0 amide bonds. The Morgan fingerprint density at radius 2 is 1.71 bits per heavy atom. The molecule has 1 aliphatic carbocycles. The van der Waals surface area contributed by atoms with Crippen molar-refractivity contribution in [2.45, 2.75) is 70.6 Å². The van der Waals surface area contributed by atoms with E-state index in [0.717, 1.165) is 38.6 Å². The average Bonchev–Trinajstić information content (AvgIpc) is 3.25. The molecule has 3 rings (SSSR count). The number of nitrogens with zero attached hydrogens (tertiary/aromatic N) is 2. The van der Waals surface area contributed by atoms with Gasteiger partial charge in [-0.25, -0.2) is 0 Å². The second-order valence-electron chi connectivity index (χ2n) is 8.14. The smallest absolute Gasteiger partial charge is 0.191 e. The molecule has 0 spiro atoms. The molecule has 2 fully saturated rings. The van der Waals surface area contributed by atoms with Gasteiger partial charge in [-0.05, 0) is 56.3 Å². The number of hydrogen-bond acceptors (Lipinski definition) is 3. The van der Waals surface area contributed by atoms with Crippen LogP contribution < -0.4 is 10.6 Å². The monoisotopic (exact) mass is 386 g/mol. The summed E-state index contributed by atoms with van der Waals surface area (Å²) in [6.07, 6.45) is 10.7. The van der Waals surface area contributed by atoms with Crippen LogP contribution >= 0.6 is 0 Å². The summed E-state index contributed by atoms with van der Waals surface area (Å²) in [6.45, 7) is 6.10. The second kappa shape index (κ2) is 12.1. The van der Waals surface area contributed by atoms with E-state index in [0.29, 0.717) is 6.10 Å². The third-order valence-electron chi connectivity index (χ3n) is 5.83. The van der Waals surface area contributed by atoms with E-state index in [9.17, 15) is 0 Å². The minimum Gasteiger partial charge on any atom is -0.378 e. The van der Waals surface area contributed by atoms with Crippen molar-refractivity contribution >= 4 is 5.96 Å². The molecule has 2 aliphatic rings. The van der Waals surface area contributed by atoms with Gasteiger partial charge < -0.3 is 15.4 Å². The fourth-order valence-corrected chi connectivity index (χ4v) is 4.13. The first kappa shape index (κ1) is 21.1. The van der Waals surface area contributed by atoms with E-state index < -0.39 is 0 Å². The molecule has 1 aromatic rings. The first-order valence-electron chi connectivity index (χ1n) is 11.2. The summed E-state index contributed by atoms with van der Waals surface area (Å²) in [5.74, 6) is 0.860. The molecular formula is C23H38N4O. The van der Waals surface area contributed by atoms with Gasteiger partial charge in [-0.3, -0.25) is 9.89 Å². The van der Waals surface area contributed by atoms with Crippen molar-refractivity contribution in [2.24, 2.45) is 4.99 Å². The molecule has 0 radical (unpaired) electrons. The lowest BCUT2D eigenvalue weighted by atomic mass is 9.98. The van der Waals surface area contributed by atoms with E-state index in [2.05, 4.69) is 44.8 Å². The van der Waals surface area contributed by atoms with E-state index in [4.69, 9.17) is 4.74 Å². The number of aliphatic imine (C=N–C) groups is 1. The first-order valence-corrected chi connectivity index (χ1v) is 11.2. The second-order valence-corrected chi connectivity index (χ2v) is 8.14.